The summed E-state index contributed by atoms with van der Waals surface area (Å²) in [4.78, 5) is 27.9. The maximum atomic E-state index is 14.0. The van der Waals surface area contributed by atoms with Crippen LogP contribution in [0.2, 0.25) is 0 Å². The molecule has 1 N–H and O–H groups in total. The number of amides is 1. The second-order valence-electron chi connectivity index (χ2n) is 9.45. The first-order valence-corrected chi connectivity index (χ1v) is 12.7. The Kier molecular flexibility index (Phi) is 7.91. The van der Waals surface area contributed by atoms with Crippen molar-refractivity contribution in [2.75, 3.05) is 20.3 Å². The van der Waals surface area contributed by atoms with Gasteiger partial charge in [0.05, 0.1) is 19.8 Å². The molecule has 38 heavy (non-hydrogen) atoms. The first kappa shape index (κ1) is 25.8. The van der Waals surface area contributed by atoms with Gasteiger partial charge in [0.2, 0.25) is 0 Å². The minimum Gasteiger partial charge on any atom is -0.493 e. The highest BCUT2D eigenvalue weighted by atomic mass is 16.6. The number of benzene rings is 3. The van der Waals surface area contributed by atoms with Gasteiger partial charge < -0.3 is 29.0 Å². The average Bonchev–Trinajstić information content (AvgIpc) is 3.48. The Morgan fingerprint density at radius 3 is 2.45 bits per heavy atom. The zero-order chi connectivity index (χ0) is 26.5. The van der Waals surface area contributed by atoms with Crippen molar-refractivity contribution in [3.8, 4) is 11.5 Å². The van der Waals surface area contributed by atoms with Gasteiger partial charge >= 0.3 is 5.97 Å². The number of carboxylic acids is 1. The van der Waals surface area contributed by atoms with Gasteiger partial charge in [-0.1, -0.05) is 66.7 Å². The molecule has 3 aromatic rings. The molecule has 2 heterocycles. The Labute approximate surface area is 221 Å². The molecule has 0 bridgehead atoms. The molecule has 1 amide bonds. The molecule has 3 atom stereocenters. The van der Waals surface area contributed by atoms with Crippen LogP contribution in [0.1, 0.15) is 34.8 Å². The monoisotopic (exact) mass is 517 g/mol. The lowest BCUT2D eigenvalue weighted by Gasteiger charge is -2.37. The molecule has 0 unspecified atom stereocenters. The number of carbonyl (C=O) groups excluding carboxylic acids is 1. The Bertz CT molecular complexity index is 1260. The number of hydrogen-bond acceptors (Lipinski definition) is 6. The summed E-state index contributed by atoms with van der Waals surface area (Å²) >= 11 is 0. The van der Waals surface area contributed by atoms with Gasteiger partial charge in [0.25, 0.3) is 5.91 Å². The summed E-state index contributed by atoms with van der Waals surface area (Å²) in [6.07, 6.45) is -0.389. The number of hydrogen-bond donors (Lipinski definition) is 1. The topological polar surface area (TPSA) is 94.5 Å². The highest BCUT2D eigenvalue weighted by Gasteiger charge is 2.41. The fourth-order valence-corrected chi connectivity index (χ4v) is 4.99. The summed E-state index contributed by atoms with van der Waals surface area (Å²) in [5, 5.41) is 10.2. The summed E-state index contributed by atoms with van der Waals surface area (Å²) in [7, 11) is 1.55. The summed E-state index contributed by atoms with van der Waals surface area (Å²) < 4.78 is 23.4. The van der Waals surface area contributed by atoms with Crippen molar-refractivity contribution in [2.45, 2.75) is 44.2 Å². The lowest BCUT2D eigenvalue weighted by Crippen LogP contribution is -2.51. The van der Waals surface area contributed by atoms with E-state index in [0.29, 0.717) is 43.3 Å². The average molecular weight is 518 g/mol. The van der Waals surface area contributed by atoms with Crippen LogP contribution < -0.4 is 9.47 Å². The van der Waals surface area contributed by atoms with Crippen LogP contribution in [0, 0.1) is 0 Å². The molecule has 3 aromatic carbocycles. The number of fused-ring (bicyclic) bond motifs is 1. The third-order valence-electron chi connectivity index (χ3n) is 6.99. The molecule has 5 rings (SSSR count). The Morgan fingerprint density at radius 2 is 1.79 bits per heavy atom. The van der Waals surface area contributed by atoms with E-state index in [1.165, 1.54) is 4.90 Å². The maximum Gasteiger partial charge on any atom is 0.326 e. The lowest BCUT2D eigenvalue weighted by atomic mass is 9.91. The number of carbonyl (C=O) groups is 2. The van der Waals surface area contributed by atoms with Gasteiger partial charge in [-0.2, -0.15) is 0 Å². The molecule has 0 spiro atoms. The molecule has 0 aliphatic carbocycles. The van der Waals surface area contributed by atoms with Crippen molar-refractivity contribution in [1.82, 2.24) is 4.90 Å². The molecule has 1 fully saturated rings. The summed E-state index contributed by atoms with van der Waals surface area (Å²) in [5.41, 5.74) is 3.21. The van der Waals surface area contributed by atoms with E-state index < -0.39 is 18.1 Å². The quantitative estimate of drug-likeness (QED) is 0.456. The van der Waals surface area contributed by atoms with Gasteiger partial charge in [0, 0.05) is 25.1 Å². The second kappa shape index (κ2) is 11.7. The summed E-state index contributed by atoms with van der Waals surface area (Å²) in [6.45, 7) is 1.40. The first-order valence-electron chi connectivity index (χ1n) is 12.7. The standard InChI is InChI=1S/C30H31NO7/c1-35-26-13-12-22-17-31(29(32)27(21-10-6-3-7-11-21)38-23-14-15-36-19-23)25(30(33)34)16-24(22)28(26)37-18-20-8-4-2-5-9-20/h2-13,23,25,27H,14-19H2,1H3,(H,33,34)/t23-,25-,27+/m1/s1. The molecule has 0 aromatic heterocycles. The van der Waals surface area contributed by atoms with E-state index in [2.05, 4.69) is 0 Å². The molecular weight excluding hydrogens is 486 g/mol. The largest absolute Gasteiger partial charge is 0.493 e. The van der Waals surface area contributed by atoms with Gasteiger partial charge in [0.1, 0.15) is 12.6 Å². The predicted octanol–water partition coefficient (Wildman–Crippen LogP) is 4.16. The molecule has 8 heteroatoms. The minimum absolute atomic E-state index is 0.0891. The van der Waals surface area contributed by atoms with Crippen molar-refractivity contribution in [1.29, 1.82) is 0 Å². The van der Waals surface area contributed by atoms with E-state index in [0.717, 1.165) is 16.7 Å². The SMILES string of the molecule is COc1ccc2c(c1OCc1ccccc1)C[C@H](C(=O)O)N(C(=O)[C@@H](O[C@@H]1CCOC1)c1ccccc1)C2. The molecule has 0 radical (unpaired) electrons. The van der Waals surface area contributed by atoms with Crippen LogP contribution in [0.4, 0.5) is 0 Å². The zero-order valence-corrected chi connectivity index (χ0v) is 21.2. The van der Waals surface area contributed by atoms with Crippen LogP contribution in [0.25, 0.3) is 0 Å². The van der Waals surface area contributed by atoms with Crippen molar-refractivity contribution in [3.05, 3.63) is 95.1 Å². The van der Waals surface area contributed by atoms with E-state index in [-0.39, 0.29) is 25.0 Å². The number of aliphatic carboxylic acids is 1. The third-order valence-corrected chi connectivity index (χ3v) is 6.99. The van der Waals surface area contributed by atoms with Crippen LogP contribution in [0.15, 0.2) is 72.8 Å². The van der Waals surface area contributed by atoms with E-state index in [9.17, 15) is 14.7 Å². The summed E-state index contributed by atoms with van der Waals surface area (Å²) in [5.74, 6) is -0.443. The van der Waals surface area contributed by atoms with Gasteiger partial charge in [-0.25, -0.2) is 4.79 Å². The van der Waals surface area contributed by atoms with Crippen LogP contribution in [-0.4, -0.2) is 54.4 Å². The maximum absolute atomic E-state index is 14.0. The van der Waals surface area contributed by atoms with Crippen LogP contribution >= 0.6 is 0 Å². The molecule has 1 saturated heterocycles. The highest BCUT2D eigenvalue weighted by Crippen LogP contribution is 2.40. The molecule has 0 saturated carbocycles. The van der Waals surface area contributed by atoms with Crippen LogP contribution in [0.3, 0.4) is 0 Å². The fourth-order valence-electron chi connectivity index (χ4n) is 4.99. The Hall–Kier alpha value is -3.88. The van der Waals surface area contributed by atoms with Crippen molar-refractivity contribution < 1.29 is 33.6 Å². The van der Waals surface area contributed by atoms with Crippen LogP contribution in [-0.2, 0) is 38.6 Å². The smallest absolute Gasteiger partial charge is 0.326 e. The third kappa shape index (κ3) is 5.51. The van der Waals surface area contributed by atoms with Crippen molar-refractivity contribution >= 4 is 11.9 Å². The highest BCUT2D eigenvalue weighted by molar-refractivity contribution is 5.88. The number of rotatable bonds is 9. The van der Waals surface area contributed by atoms with E-state index in [1.54, 1.807) is 13.2 Å². The number of carboxylic acid groups (broad SMARTS) is 1. The van der Waals surface area contributed by atoms with Crippen molar-refractivity contribution in [2.24, 2.45) is 0 Å². The summed E-state index contributed by atoms with van der Waals surface area (Å²) in [6, 6.07) is 21.5. The minimum atomic E-state index is -1.09. The van der Waals surface area contributed by atoms with Gasteiger partial charge in [-0.05, 0) is 29.2 Å². The molecule has 8 nitrogen and oxygen atoms in total. The van der Waals surface area contributed by atoms with E-state index in [1.807, 2.05) is 66.7 Å². The lowest BCUT2D eigenvalue weighted by molar-refractivity contribution is -0.160. The Balaban J connectivity index is 1.46. The number of methoxy groups -OCH3 is 1. The molecule has 2 aliphatic rings. The van der Waals surface area contributed by atoms with Gasteiger partial charge in [-0.15, -0.1) is 0 Å². The number of ether oxygens (including phenoxy) is 4. The van der Waals surface area contributed by atoms with Crippen LogP contribution in [0.5, 0.6) is 11.5 Å². The fraction of sp³-hybridized carbons (Fsp3) is 0.333. The first-order chi connectivity index (χ1) is 18.5. The van der Waals surface area contributed by atoms with Crippen molar-refractivity contribution in [3.63, 3.8) is 0 Å². The molecular formula is C30H31NO7. The van der Waals surface area contributed by atoms with E-state index in [4.69, 9.17) is 18.9 Å². The normalized spacial score (nSPS) is 19.4. The zero-order valence-electron chi connectivity index (χ0n) is 21.2. The second-order valence-corrected chi connectivity index (χ2v) is 9.45. The predicted molar refractivity (Wildman–Crippen MR) is 139 cm³/mol. The van der Waals surface area contributed by atoms with Gasteiger partial charge in [-0.3, -0.25) is 4.79 Å². The Morgan fingerprint density at radius 1 is 1.05 bits per heavy atom. The van der Waals surface area contributed by atoms with E-state index >= 15 is 0 Å². The number of nitrogens with zero attached hydrogens (tertiary/aromatic N) is 1. The molecule has 2 aliphatic heterocycles. The molecule has 198 valence electrons. The van der Waals surface area contributed by atoms with Gasteiger partial charge in [0.15, 0.2) is 17.6 Å².